The first-order valence-corrected chi connectivity index (χ1v) is 7.23. The zero-order valence-corrected chi connectivity index (χ0v) is 11.8. The second kappa shape index (κ2) is 5.09. The van der Waals surface area contributed by atoms with Crippen LogP contribution in [0.25, 0.3) is 10.8 Å². The van der Waals surface area contributed by atoms with E-state index in [-0.39, 0.29) is 6.98 Å². The third kappa shape index (κ3) is 2.13. The molecule has 0 saturated carbocycles. The summed E-state index contributed by atoms with van der Waals surface area (Å²) in [6.45, 7) is -0.112. The van der Waals surface area contributed by atoms with E-state index in [1.807, 2.05) is 24.3 Å². The molecule has 3 aromatic rings. The van der Waals surface area contributed by atoms with Gasteiger partial charge in [-0.3, -0.25) is 0 Å². The summed E-state index contributed by atoms with van der Waals surface area (Å²) in [6, 6.07) is 19.7. The van der Waals surface area contributed by atoms with E-state index in [1.54, 1.807) is 12.1 Å². The van der Waals surface area contributed by atoms with Gasteiger partial charge in [-0.25, -0.2) is 0 Å². The van der Waals surface area contributed by atoms with Crippen LogP contribution < -0.4 is 21.4 Å². The van der Waals surface area contributed by atoms with Gasteiger partial charge in [0, 0.05) is 16.8 Å². The molecule has 0 fully saturated rings. The zero-order chi connectivity index (χ0) is 15.1. The van der Waals surface area contributed by atoms with Gasteiger partial charge in [0.15, 0.2) is 0 Å². The average molecular weight is 288 g/mol. The summed E-state index contributed by atoms with van der Waals surface area (Å²) < 4.78 is 0. The van der Waals surface area contributed by atoms with Gasteiger partial charge in [0.25, 0.3) is 0 Å². The number of benzene rings is 3. The van der Waals surface area contributed by atoms with Crippen molar-refractivity contribution in [2.24, 2.45) is 0 Å². The molecule has 0 unspecified atom stereocenters. The van der Waals surface area contributed by atoms with E-state index in [1.165, 1.54) is 10.8 Å². The highest BCUT2D eigenvalue weighted by molar-refractivity contribution is 6.80. The van der Waals surface area contributed by atoms with E-state index < -0.39 is 7.12 Å². The van der Waals surface area contributed by atoms with Crippen molar-refractivity contribution in [3.8, 4) is 0 Å². The first kappa shape index (κ1) is 13.2. The fourth-order valence-corrected chi connectivity index (χ4v) is 2.99. The lowest BCUT2D eigenvalue weighted by molar-refractivity contribution is 0.426. The van der Waals surface area contributed by atoms with Gasteiger partial charge in [-0.2, -0.15) is 0 Å². The highest BCUT2D eigenvalue weighted by Gasteiger charge is 2.26. The topological polar surface area (TPSA) is 64.5 Å². The highest BCUT2D eigenvalue weighted by Crippen LogP contribution is 2.33. The Bertz CT molecular complexity index is 814. The van der Waals surface area contributed by atoms with Gasteiger partial charge in [0.2, 0.25) is 0 Å². The molecular weight excluding hydrogens is 274 g/mol. The van der Waals surface area contributed by atoms with Crippen LogP contribution >= 0.6 is 0 Å². The number of hydrogen-bond acceptors (Lipinski definition) is 4. The Kier molecular flexibility index (Phi) is 3.06. The molecule has 4 rings (SSSR count). The van der Waals surface area contributed by atoms with Crippen molar-refractivity contribution >= 4 is 47.2 Å². The molecule has 1 aliphatic rings. The predicted octanol–water partition coefficient (Wildman–Crippen LogP) is 0.752. The molecule has 22 heavy (non-hydrogen) atoms. The number of rotatable bonds is 2. The minimum Gasteiger partial charge on any atom is -0.423 e. The molecule has 4 N–H and O–H groups in total. The molecule has 3 aromatic carbocycles. The standard InChI is InChI=1S/C16H14B2N2O2/c21-18(22)13-7-3-6-12(10-13)17-19-14-8-1-4-11-5-2-9-15(20-17)16(11)14/h1-10,19-22H. The molecule has 0 aliphatic carbocycles. The molecule has 106 valence electrons. The molecule has 0 saturated heterocycles. The molecule has 1 heterocycles. The summed E-state index contributed by atoms with van der Waals surface area (Å²) in [7, 11) is -1.46. The summed E-state index contributed by atoms with van der Waals surface area (Å²) in [5, 5.41) is 28.0. The lowest BCUT2D eigenvalue weighted by Crippen LogP contribution is -2.49. The van der Waals surface area contributed by atoms with Crippen LogP contribution in [0, 0.1) is 0 Å². The first-order chi connectivity index (χ1) is 10.7. The smallest absolute Gasteiger partial charge is 0.423 e. The Labute approximate surface area is 129 Å². The van der Waals surface area contributed by atoms with Crippen LogP contribution in [0.3, 0.4) is 0 Å². The van der Waals surface area contributed by atoms with Gasteiger partial charge >= 0.3 is 14.1 Å². The number of hydrogen-bond donors (Lipinski definition) is 4. The maximum Gasteiger partial charge on any atom is 0.488 e. The lowest BCUT2D eigenvalue weighted by Gasteiger charge is -2.27. The third-order valence-corrected chi connectivity index (χ3v) is 4.05. The Morgan fingerprint density at radius 1 is 0.818 bits per heavy atom. The van der Waals surface area contributed by atoms with Gasteiger partial charge in [-0.1, -0.05) is 48.5 Å². The third-order valence-electron chi connectivity index (χ3n) is 4.05. The fourth-order valence-electron chi connectivity index (χ4n) is 2.99. The van der Waals surface area contributed by atoms with E-state index >= 15 is 0 Å². The lowest BCUT2D eigenvalue weighted by atomic mass is 9.64. The van der Waals surface area contributed by atoms with E-state index in [2.05, 4.69) is 34.7 Å². The molecule has 0 bridgehead atoms. The largest absolute Gasteiger partial charge is 0.488 e. The summed E-state index contributed by atoms with van der Waals surface area (Å²) in [4.78, 5) is 0. The van der Waals surface area contributed by atoms with Crippen molar-refractivity contribution in [3.63, 3.8) is 0 Å². The van der Waals surface area contributed by atoms with Crippen molar-refractivity contribution in [1.82, 2.24) is 0 Å². The van der Waals surface area contributed by atoms with Gasteiger partial charge in [0.1, 0.15) is 0 Å². The van der Waals surface area contributed by atoms with E-state index in [0.717, 1.165) is 16.8 Å². The first-order valence-electron chi connectivity index (χ1n) is 7.23. The molecule has 1 aliphatic heterocycles. The van der Waals surface area contributed by atoms with Gasteiger partial charge in [-0.15, -0.1) is 0 Å². The minimum absolute atomic E-state index is 0.112. The van der Waals surface area contributed by atoms with Crippen molar-refractivity contribution in [3.05, 3.63) is 60.7 Å². The normalized spacial score (nSPS) is 12.7. The van der Waals surface area contributed by atoms with Gasteiger partial charge in [-0.05, 0) is 28.4 Å². The van der Waals surface area contributed by atoms with Crippen LogP contribution in [0.15, 0.2) is 60.7 Å². The van der Waals surface area contributed by atoms with Crippen molar-refractivity contribution in [2.45, 2.75) is 0 Å². The van der Waals surface area contributed by atoms with Crippen LogP contribution in [-0.4, -0.2) is 24.1 Å². The second-order valence-electron chi connectivity index (χ2n) is 5.47. The number of anilines is 2. The molecule has 0 aromatic heterocycles. The molecule has 6 heteroatoms. The van der Waals surface area contributed by atoms with Crippen molar-refractivity contribution in [1.29, 1.82) is 0 Å². The Morgan fingerprint density at radius 3 is 2.09 bits per heavy atom. The molecule has 0 atom stereocenters. The molecular formula is C16H14B2N2O2. The van der Waals surface area contributed by atoms with Gasteiger partial charge < -0.3 is 20.5 Å². The molecule has 4 nitrogen and oxygen atoms in total. The molecule has 0 amide bonds. The minimum atomic E-state index is -1.46. The second-order valence-corrected chi connectivity index (χ2v) is 5.47. The Morgan fingerprint density at radius 2 is 1.45 bits per heavy atom. The quantitative estimate of drug-likeness (QED) is 0.526. The zero-order valence-electron chi connectivity index (χ0n) is 11.8. The highest BCUT2D eigenvalue weighted by atomic mass is 16.4. The van der Waals surface area contributed by atoms with Gasteiger partial charge in [0.05, 0.1) is 0 Å². The number of nitrogens with one attached hydrogen (secondary N) is 2. The Balaban J connectivity index is 1.77. The van der Waals surface area contributed by atoms with Crippen molar-refractivity contribution < 1.29 is 10.0 Å². The summed E-state index contributed by atoms with van der Waals surface area (Å²) in [5.74, 6) is 0. The van der Waals surface area contributed by atoms with Crippen LogP contribution in [0.5, 0.6) is 0 Å². The summed E-state index contributed by atoms with van der Waals surface area (Å²) >= 11 is 0. The molecule has 0 spiro atoms. The van der Waals surface area contributed by atoms with Crippen LogP contribution in [0.4, 0.5) is 11.4 Å². The van der Waals surface area contributed by atoms with E-state index in [0.29, 0.717) is 5.46 Å². The maximum absolute atomic E-state index is 9.34. The SMILES string of the molecule is OB(O)c1cccc(B2Nc3cccc4cccc(c34)N2)c1. The predicted molar refractivity (Wildman–Crippen MR) is 92.8 cm³/mol. The van der Waals surface area contributed by atoms with E-state index in [9.17, 15) is 10.0 Å². The Hall–Kier alpha value is -2.43. The van der Waals surface area contributed by atoms with Crippen LogP contribution in [0.1, 0.15) is 0 Å². The fraction of sp³-hybridized carbons (Fsp3) is 0. The maximum atomic E-state index is 9.34. The average Bonchev–Trinajstić information content (AvgIpc) is 2.55. The molecule has 0 radical (unpaired) electrons. The van der Waals surface area contributed by atoms with Crippen LogP contribution in [-0.2, 0) is 0 Å². The summed E-state index contributed by atoms with van der Waals surface area (Å²) in [5.41, 5.74) is 3.59. The van der Waals surface area contributed by atoms with E-state index in [4.69, 9.17) is 0 Å². The summed E-state index contributed by atoms with van der Waals surface area (Å²) in [6.07, 6.45) is 0. The van der Waals surface area contributed by atoms with Crippen molar-refractivity contribution in [2.75, 3.05) is 10.5 Å². The monoisotopic (exact) mass is 288 g/mol. The van der Waals surface area contributed by atoms with Crippen LogP contribution in [0.2, 0.25) is 0 Å².